The quantitative estimate of drug-likeness (QED) is 0.536. The molecule has 0 bridgehead atoms. The Morgan fingerprint density at radius 1 is 1.16 bits per heavy atom. The van der Waals surface area contributed by atoms with E-state index in [1.165, 1.54) is 18.2 Å². The lowest BCUT2D eigenvalue weighted by Crippen LogP contribution is -2.29. The number of rotatable bonds is 4. The predicted octanol–water partition coefficient (Wildman–Crippen LogP) is 3.38. The van der Waals surface area contributed by atoms with Crippen LogP contribution >= 0.6 is 0 Å². The maximum Gasteiger partial charge on any atom is 0.257 e. The fraction of sp³-hybridized carbons (Fsp3) is 0.208. The summed E-state index contributed by atoms with van der Waals surface area (Å²) >= 11 is 0. The number of amides is 1. The number of hydrogen-bond acceptors (Lipinski definition) is 4. The van der Waals surface area contributed by atoms with Gasteiger partial charge in [-0.05, 0) is 61.0 Å². The third-order valence-corrected chi connectivity index (χ3v) is 5.82. The number of halogens is 1. The van der Waals surface area contributed by atoms with Gasteiger partial charge in [-0.1, -0.05) is 0 Å². The minimum Gasteiger partial charge on any atom is -0.380 e. The van der Waals surface area contributed by atoms with Gasteiger partial charge in [0.2, 0.25) is 0 Å². The second-order valence-corrected chi connectivity index (χ2v) is 7.83. The van der Waals surface area contributed by atoms with E-state index in [1.54, 1.807) is 47.2 Å². The summed E-state index contributed by atoms with van der Waals surface area (Å²) in [4.78, 5) is 29.8. The van der Waals surface area contributed by atoms with Gasteiger partial charge >= 0.3 is 0 Å². The lowest BCUT2D eigenvalue weighted by Gasteiger charge is -2.16. The molecule has 162 valence electrons. The summed E-state index contributed by atoms with van der Waals surface area (Å²) in [6, 6.07) is 14.7. The molecule has 0 aliphatic carbocycles. The molecule has 1 aliphatic heterocycles. The van der Waals surface area contributed by atoms with E-state index in [1.807, 2.05) is 12.1 Å². The van der Waals surface area contributed by atoms with Crippen molar-refractivity contribution in [2.24, 2.45) is 0 Å². The van der Waals surface area contributed by atoms with Gasteiger partial charge in [0.1, 0.15) is 5.82 Å². The maximum atomic E-state index is 13.6. The molecule has 0 radical (unpaired) electrons. The van der Waals surface area contributed by atoms with Crippen LogP contribution in [0.1, 0.15) is 16.8 Å². The number of methoxy groups -OCH3 is 1. The van der Waals surface area contributed by atoms with Crippen molar-refractivity contribution in [2.75, 3.05) is 20.2 Å². The van der Waals surface area contributed by atoms with Crippen molar-refractivity contribution in [2.45, 2.75) is 12.5 Å². The van der Waals surface area contributed by atoms with E-state index in [-0.39, 0.29) is 23.4 Å². The van der Waals surface area contributed by atoms with Gasteiger partial charge in [-0.2, -0.15) is 5.10 Å². The lowest BCUT2D eigenvalue weighted by atomic mass is 10.1. The Balaban J connectivity index is 1.39. The van der Waals surface area contributed by atoms with Gasteiger partial charge in [0, 0.05) is 42.9 Å². The number of hydrogen-bond donors (Lipinski definition) is 1. The molecule has 1 N–H and O–H groups in total. The standard InChI is InChI=1S/C24H21FN4O3/c1-32-19-8-10-28(14-19)24(31)15-2-5-18(6-3-15)29-11-9-22(27-29)20-13-16-12-17(25)4-7-21(16)26-23(20)30/h2-7,9,11-13,19H,8,10,14H2,1H3,(H,26,30)/t19-/m0/s1. The summed E-state index contributed by atoms with van der Waals surface area (Å²) in [6.45, 7) is 1.29. The Bertz CT molecular complexity index is 1360. The van der Waals surface area contributed by atoms with Gasteiger partial charge in [-0.25, -0.2) is 9.07 Å². The molecule has 2 aromatic carbocycles. The number of pyridine rings is 1. The van der Waals surface area contributed by atoms with Gasteiger partial charge in [0.15, 0.2) is 0 Å². The van der Waals surface area contributed by atoms with Crippen LogP contribution in [0.25, 0.3) is 27.8 Å². The number of fused-ring (bicyclic) bond motifs is 1. The molecule has 1 fully saturated rings. The Morgan fingerprint density at radius 3 is 2.72 bits per heavy atom. The third-order valence-electron chi connectivity index (χ3n) is 5.82. The molecule has 1 atom stereocenters. The largest absolute Gasteiger partial charge is 0.380 e. The van der Waals surface area contributed by atoms with Crippen LogP contribution in [-0.4, -0.2) is 51.9 Å². The van der Waals surface area contributed by atoms with Gasteiger partial charge < -0.3 is 14.6 Å². The number of carbonyl (C=O) groups excluding carboxylic acids is 1. The van der Waals surface area contributed by atoms with Crippen molar-refractivity contribution in [1.82, 2.24) is 19.7 Å². The average molecular weight is 432 g/mol. The van der Waals surface area contributed by atoms with Crippen molar-refractivity contribution in [3.05, 3.63) is 82.5 Å². The number of aromatic amines is 1. The van der Waals surface area contributed by atoms with Crippen molar-refractivity contribution in [3.63, 3.8) is 0 Å². The highest BCUT2D eigenvalue weighted by molar-refractivity contribution is 5.94. The summed E-state index contributed by atoms with van der Waals surface area (Å²) in [6.07, 6.45) is 2.68. The third kappa shape index (κ3) is 3.69. The highest BCUT2D eigenvalue weighted by atomic mass is 19.1. The molecule has 8 heteroatoms. The van der Waals surface area contributed by atoms with Crippen molar-refractivity contribution < 1.29 is 13.9 Å². The zero-order valence-corrected chi connectivity index (χ0v) is 17.4. The van der Waals surface area contributed by atoms with E-state index in [9.17, 15) is 14.0 Å². The van der Waals surface area contributed by atoms with Crippen LogP contribution in [0, 0.1) is 5.82 Å². The van der Waals surface area contributed by atoms with E-state index in [2.05, 4.69) is 10.1 Å². The summed E-state index contributed by atoms with van der Waals surface area (Å²) in [7, 11) is 1.66. The number of nitrogens with zero attached hydrogens (tertiary/aromatic N) is 3. The van der Waals surface area contributed by atoms with Gasteiger partial charge in [-0.3, -0.25) is 9.59 Å². The van der Waals surface area contributed by atoms with Gasteiger partial charge in [0.25, 0.3) is 11.5 Å². The van der Waals surface area contributed by atoms with E-state index < -0.39 is 0 Å². The molecule has 0 unspecified atom stereocenters. The van der Waals surface area contributed by atoms with Crippen LogP contribution in [0.5, 0.6) is 0 Å². The minimum atomic E-state index is -0.373. The Morgan fingerprint density at radius 2 is 1.97 bits per heavy atom. The average Bonchev–Trinajstić information content (AvgIpc) is 3.48. The second kappa shape index (κ2) is 8.05. The number of ether oxygens (including phenoxy) is 1. The molecule has 7 nitrogen and oxygen atoms in total. The summed E-state index contributed by atoms with van der Waals surface area (Å²) in [5.74, 6) is -0.394. The zero-order chi connectivity index (χ0) is 22.2. The number of H-pyrrole nitrogens is 1. The lowest BCUT2D eigenvalue weighted by molar-refractivity contribution is 0.0724. The van der Waals surface area contributed by atoms with Gasteiger partial charge in [-0.15, -0.1) is 0 Å². The number of nitrogens with one attached hydrogen (secondary N) is 1. The number of likely N-dealkylation sites (tertiary alicyclic amines) is 1. The molecule has 2 aromatic heterocycles. The first-order valence-electron chi connectivity index (χ1n) is 10.3. The van der Waals surface area contributed by atoms with Crippen LogP contribution in [0.4, 0.5) is 4.39 Å². The van der Waals surface area contributed by atoms with Crippen LogP contribution < -0.4 is 5.56 Å². The van der Waals surface area contributed by atoms with Crippen molar-refractivity contribution >= 4 is 16.8 Å². The molecule has 32 heavy (non-hydrogen) atoms. The Labute approximate surface area is 183 Å². The minimum absolute atomic E-state index is 0.0211. The first-order valence-corrected chi connectivity index (χ1v) is 10.3. The van der Waals surface area contributed by atoms with Crippen molar-refractivity contribution in [1.29, 1.82) is 0 Å². The zero-order valence-electron chi connectivity index (χ0n) is 17.4. The summed E-state index contributed by atoms with van der Waals surface area (Å²) in [5, 5.41) is 5.10. The number of aromatic nitrogens is 3. The SMILES string of the molecule is CO[C@H]1CCN(C(=O)c2ccc(-n3ccc(-c4cc5cc(F)ccc5[nH]c4=O)n3)cc2)C1. The molecule has 5 rings (SSSR count). The Hall–Kier alpha value is -3.78. The normalized spacial score (nSPS) is 16.1. The van der Waals surface area contributed by atoms with Crippen molar-refractivity contribution in [3.8, 4) is 16.9 Å². The molecule has 1 aliphatic rings. The Kier molecular flexibility index (Phi) is 5.07. The highest BCUT2D eigenvalue weighted by Crippen LogP contribution is 2.21. The molecule has 0 saturated carbocycles. The molecule has 4 aromatic rings. The molecule has 0 spiro atoms. The predicted molar refractivity (Wildman–Crippen MR) is 118 cm³/mol. The molecular formula is C24H21FN4O3. The van der Waals surface area contributed by atoms with Crippen LogP contribution in [0.15, 0.2) is 65.6 Å². The highest BCUT2D eigenvalue weighted by Gasteiger charge is 2.26. The van der Waals surface area contributed by atoms with E-state index in [4.69, 9.17) is 4.74 Å². The molecule has 1 saturated heterocycles. The second-order valence-electron chi connectivity index (χ2n) is 7.83. The van der Waals surface area contributed by atoms with Gasteiger partial charge in [0.05, 0.1) is 23.0 Å². The fourth-order valence-corrected chi connectivity index (χ4v) is 4.02. The van der Waals surface area contributed by atoms with Crippen LogP contribution in [-0.2, 0) is 4.74 Å². The smallest absolute Gasteiger partial charge is 0.257 e. The van der Waals surface area contributed by atoms with Crippen LogP contribution in [0.2, 0.25) is 0 Å². The molecular weight excluding hydrogens is 411 g/mol. The first kappa shape index (κ1) is 20.1. The first-order chi connectivity index (χ1) is 15.5. The van der Waals surface area contributed by atoms with Crippen LogP contribution in [0.3, 0.4) is 0 Å². The maximum absolute atomic E-state index is 13.6. The topological polar surface area (TPSA) is 80.2 Å². The van der Waals surface area contributed by atoms with E-state index >= 15 is 0 Å². The summed E-state index contributed by atoms with van der Waals surface area (Å²) < 4.78 is 20.5. The number of carbonyl (C=O) groups is 1. The molecule has 3 heterocycles. The van der Waals surface area contributed by atoms with E-state index in [0.29, 0.717) is 40.8 Å². The number of benzene rings is 2. The molecule has 1 amide bonds. The monoisotopic (exact) mass is 432 g/mol. The summed E-state index contributed by atoms with van der Waals surface area (Å²) in [5.41, 5.74) is 2.46. The van der Waals surface area contributed by atoms with E-state index in [0.717, 1.165) is 12.1 Å². The fourth-order valence-electron chi connectivity index (χ4n) is 4.02.